The zero-order valence-electron chi connectivity index (χ0n) is 10.8. The van der Waals surface area contributed by atoms with Gasteiger partial charge in [-0.1, -0.05) is 20.3 Å². The summed E-state index contributed by atoms with van der Waals surface area (Å²) in [7, 11) is 0. The molecule has 0 saturated carbocycles. The number of halogens is 3. The van der Waals surface area contributed by atoms with E-state index in [4.69, 9.17) is 0 Å². The zero-order chi connectivity index (χ0) is 13.6. The quantitative estimate of drug-likeness (QED) is 0.819. The number of nitrogens with zero attached hydrogens (tertiary/aromatic N) is 2. The van der Waals surface area contributed by atoms with Crippen molar-refractivity contribution in [2.45, 2.75) is 51.9 Å². The summed E-state index contributed by atoms with van der Waals surface area (Å²) >= 11 is 0. The zero-order valence-corrected chi connectivity index (χ0v) is 10.8. The van der Waals surface area contributed by atoms with Crippen LogP contribution in [-0.4, -0.2) is 22.4 Å². The first-order valence-electron chi connectivity index (χ1n) is 6.31. The van der Waals surface area contributed by atoms with Crippen molar-refractivity contribution >= 4 is 0 Å². The molecule has 3 nitrogen and oxygen atoms in total. The van der Waals surface area contributed by atoms with E-state index in [1.54, 1.807) is 0 Å². The molecule has 0 aliphatic rings. The van der Waals surface area contributed by atoms with Crippen LogP contribution in [0, 0.1) is 0 Å². The van der Waals surface area contributed by atoms with Crippen molar-refractivity contribution in [3.63, 3.8) is 0 Å². The third kappa shape index (κ3) is 4.68. The molecule has 104 valence electrons. The van der Waals surface area contributed by atoms with Crippen molar-refractivity contribution in [3.05, 3.63) is 18.0 Å². The molecular formula is C12H20F3N3. The molecule has 1 rings (SSSR count). The molecule has 1 aromatic heterocycles. The van der Waals surface area contributed by atoms with Gasteiger partial charge in [-0.25, -0.2) is 0 Å². The Bertz CT molecular complexity index is 347. The lowest BCUT2D eigenvalue weighted by atomic mass is 10.1. The third-order valence-electron chi connectivity index (χ3n) is 2.66. The van der Waals surface area contributed by atoms with Crippen molar-refractivity contribution in [1.29, 1.82) is 0 Å². The molecule has 18 heavy (non-hydrogen) atoms. The molecule has 0 amide bonds. The standard InChI is InChI=1S/C12H20F3N3/c1-3-5-10(16-7-4-2)9-18-8-6-11(17-18)12(13,14)15/h6,8,10,16H,3-5,7,9H2,1-2H3. The number of hydrogen-bond acceptors (Lipinski definition) is 2. The lowest BCUT2D eigenvalue weighted by Crippen LogP contribution is -2.34. The summed E-state index contributed by atoms with van der Waals surface area (Å²) in [5.74, 6) is 0. The van der Waals surface area contributed by atoms with Gasteiger partial charge in [-0.2, -0.15) is 18.3 Å². The lowest BCUT2D eigenvalue weighted by molar-refractivity contribution is -0.141. The van der Waals surface area contributed by atoms with Crippen LogP contribution in [0.2, 0.25) is 0 Å². The summed E-state index contributed by atoms with van der Waals surface area (Å²) in [6.45, 7) is 5.47. The SMILES string of the molecule is CCCNC(CCC)Cn1ccc(C(F)(F)F)n1. The summed E-state index contributed by atoms with van der Waals surface area (Å²) in [6.07, 6.45) is -0.0371. The van der Waals surface area contributed by atoms with Crippen LogP contribution in [0.15, 0.2) is 12.3 Å². The Hall–Kier alpha value is -1.04. The van der Waals surface area contributed by atoms with Gasteiger partial charge in [0.1, 0.15) is 0 Å². The Morgan fingerprint density at radius 1 is 1.33 bits per heavy atom. The van der Waals surface area contributed by atoms with E-state index >= 15 is 0 Å². The minimum atomic E-state index is -4.36. The largest absolute Gasteiger partial charge is 0.435 e. The van der Waals surface area contributed by atoms with Gasteiger partial charge in [-0.05, 0) is 25.5 Å². The predicted octanol–water partition coefficient (Wildman–Crippen LogP) is 3.07. The molecule has 0 aliphatic heterocycles. The predicted molar refractivity (Wildman–Crippen MR) is 64.2 cm³/mol. The fourth-order valence-corrected chi connectivity index (χ4v) is 1.80. The van der Waals surface area contributed by atoms with Crippen molar-refractivity contribution < 1.29 is 13.2 Å². The van der Waals surface area contributed by atoms with Crippen LogP contribution in [0.5, 0.6) is 0 Å². The Kier molecular flexibility index (Phi) is 5.65. The molecule has 0 aliphatic carbocycles. The highest BCUT2D eigenvalue weighted by Crippen LogP contribution is 2.27. The minimum Gasteiger partial charge on any atom is -0.312 e. The Morgan fingerprint density at radius 2 is 2.06 bits per heavy atom. The molecular weight excluding hydrogens is 243 g/mol. The van der Waals surface area contributed by atoms with Gasteiger partial charge in [0.05, 0.1) is 6.54 Å². The first-order chi connectivity index (χ1) is 8.47. The highest BCUT2D eigenvalue weighted by molar-refractivity contribution is 5.03. The van der Waals surface area contributed by atoms with Crippen molar-refractivity contribution in [2.75, 3.05) is 6.54 Å². The third-order valence-corrected chi connectivity index (χ3v) is 2.66. The number of nitrogens with one attached hydrogen (secondary N) is 1. The summed E-state index contributed by atoms with van der Waals surface area (Å²) in [5, 5.41) is 6.89. The van der Waals surface area contributed by atoms with Crippen LogP contribution < -0.4 is 5.32 Å². The van der Waals surface area contributed by atoms with Gasteiger partial charge in [0.15, 0.2) is 5.69 Å². The smallest absolute Gasteiger partial charge is 0.312 e. The van der Waals surface area contributed by atoms with Gasteiger partial charge in [0, 0.05) is 12.2 Å². The highest BCUT2D eigenvalue weighted by atomic mass is 19.4. The fourth-order valence-electron chi connectivity index (χ4n) is 1.80. The lowest BCUT2D eigenvalue weighted by Gasteiger charge is -2.17. The topological polar surface area (TPSA) is 29.9 Å². The molecule has 0 saturated heterocycles. The second-order valence-corrected chi connectivity index (χ2v) is 4.36. The van der Waals surface area contributed by atoms with Crippen LogP contribution >= 0.6 is 0 Å². The van der Waals surface area contributed by atoms with Gasteiger partial charge < -0.3 is 5.32 Å². The maximum Gasteiger partial charge on any atom is 0.435 e. The molecule has 6 heteroatoms. The number of alkyl halides is 3. The second kappa shape index (κ2) is 6.78. The Morgan fingerprint density at radius 3 is 2.56 bits per heavy atom. The normalized spacial score (nSPS) is 13.8. The van der Waals surface area contributed by atoms with Gasteiger partial charge in [0.2, 0.25) is 0 Å². The number of aromatic nitrogens is 2. The van der Waals surface area contributed by atoms with Crippen LogP contribution in [-0.2, 0) is 12.7 Å². The Balaban J connectivity index is 2.60. The molecule has 0 aromatic carbocycles. The number of rotatable bonds is 7. The maximum atomic E-state index is 12.4. The van der Waals surface area contributed by atoms with Crippen molar-refractivity contribution in [2.24, 2.45) is 0 Å². The first-order valence-corrected chi connectivity index (χ1v) is 6.31. The molecule has 1 unspecified atom stereocenters. The van der Waals surface area contributed by atoms with Gasteiger partial charge in [-0.15, -0.1) is 0 Å². The maximum absolute atomic E-state index is 12.4. The molecule has 1 atom stereocenters. The van der Waals surface area contributed by atoms with E-state index in [2.05, 4.69) is 24.3 Å². The fraction of sp³-hybridized carbons (Fsp3) is 0.750. The summed E-state index contributed by atoms with van der Waals surface area (Å²) in [5.41, 5.74) is -0.826. The Labute approximate surface area is 105 Å². The van der Waals surface area contributed by atoms with Crippen LogP contribution in [0.1, 0.15) is 38.8 Å². The molecule has 1 aromatic rings. The van der Waals surface area contributed by atoms with E-state index < -0.39 is 11.9 Å². The second-order valence-electron chi connectivity index (χ2n) is 4.36. The molecule has 1 N–H and O–H groups in total. The molecule has 0 fully saturated rings. The van der Waals surface area contributed by atoms with E-state index in [0.29, 0.717) is 6.54 Å². The van der Waals surface area contributed by atoms with Crippen LogP contribution in [0.25, 0.3) is 0 Å². The average molecular weight is 263 g/mol. The van der Waals surface area contributed by atoms with E-state index in [0.717, 1.165) is 31.9 Å². The molecule has 1 heterocycles. The van der Waals surface area contributed by atoms with Crippen molar-refractivity contribution in [1.82, 2.24) is 15.1 Å². The van der Waals surface area contributed by atoms with Crippen molar-refractivity contribution in [3.8, 4) is 0 Å². The summed E-state index contributed by atoms with van der Waals surface area (Å²) < 4.78 is 38.6. The highest BCUT2D eigenvalue weighted by Gasteiger charge is 2.33. The first kappa shape index (κ1) is 15.0. The number of hydrogen-bond donors (Lipinski definition) is 1. The van der Waals surface area contributed by atoms with Crippen LogP contribution in [0.3, 0.4) is 0 Å². The monoisotopic (exact) mass is 263 g/mol. The molecule has 0 radical (unpaired) electrons. The molecule has 0 spiro atoms. The van der Waals surface area contributed by atoms with E-state index in [1.165, 1.54) is 10.9 Å². The van der Waals surface area contributed by atoms with Gasteiger partial charge >= 0.3 is 6.18 Å². The minimum absolute atomic E-state index is 0.177. The van der Waals surface area contributed by atoms with E-state index in [1.807, 2.05) is 0 Å². The van der Waals surface area contributed by atoms with E-state index in [9.17, 15) is 13.2 Å². The summed E-state index contributed by atoms with van der Waals surface area (Å²) in [4.78, 5) is 0. The molecule has 0 bridgehead atoms. The average Bonchev–Trinajstić information content (AvgIpc) is 2.74. The van der Waals surface area contributed by atoms with Gasteiger partial charge in [-0.3, -0.25) is 4.68 Å². The summed E-state index contributed by atoms with van der Waals surface area (Å²) in [6, 6.07) is 1.19. The van der Waals surface area contributed by atoms with Crippen LogP contribution in [0.4, 0.5) is 13.2 Å². The van der Waals surface area contributed by atoms with E-state index in [-0.39, 0.29) is 6.04 Å². The van der Waals surface area contributed by atoms with Gasteiger partial charge in [0.25, 0.3) is 0 Å².